The van der Waals surface area contributed by atoms with E-state index in [4.69, 9.17) is 9.47 Å². The fourth-order valence-corrected chi connectivity index (χ4v) is 3.75. The summed E-state index contributed by atoms with van der Waals surface area (Å²) in [5, 5.41) is 0. The Balaban J connectivity index is 1.54. The molecular weight excluding hydrogens is 304 g/mol. The summed E-state index contributed by atoms with van der Waals surface area (Å²) in [6.07, 6.45) is 1.73. The summed E-state index contributed by atoms with van der Waals surface area (Å²) in [4.78, 5) is 25.5. The molecular formula is C20H14O4. The van der Waals surface area contributed by atoms with Gasteiger partial charge < -0.3 is 9.47 Å². The average molecular weight is 318 g/mol. The van der Waals surface area contributed by atoms with Crippen LogP contribution in [-0.4, -0.2) is 17.4 Å². The molecule has 0 saturated heterocycles. The molecule has 0 fully saturated rings. The molecule has 118 valence electrons. The van der Waals surface area contributed by atoms with Gasteiger partial charge in [0.05, 0.1) is 12.0 Å². The summed E-state index contributed by atoms with van der Waals surface area (Å²) < 4.78 is 12.1. The first-order valence-corrected chi connectivity index (χ1v) is 8.04. The lowest BCUT2D eigenvalue weighted by atomic mass is 9.86. The predicted molar refractivity (Wildman–Crippen MR) is 86.0 cm³/mol. The summed E-state index contributed by atoms with van der Waals surface area (Å²) in [6.45, 7) is 0. The zero-order valence-electron chi connectivity index (χ0n) is 12.9. The molecule has 2 aliphatic heterocycles. The Morgan fingerprint density at radius 1 is 0.833 bits per heavy atom. The second-order valence-electron chi connectivity index (χ2n) is 6.41. The van der Waals surface area contributed by atoms with Crippen molar-refractivity contribution in [2.24, 2.45) is 0 Å². The lowest BCUT2D eigenvalue weighted by Gasteiger charge is -2.35. The maximum atomic E-state index is 12.8. The van der Waals surface area contributed by atoms with Crippen molar-refractivity contribution in [1.29, 1.82) is 0 Å². The number of hydrogen-bond donors (Lipinski definition) is 0. The molecule has 0 radical (unpaired) electrons. The minimum atomic E-state index is -0.938. The third kappa shape index (κ3) is 1.74. The number of ether oxygens (including phenoxy) is 2. The van der Waals surface area contributed by atoms with E-state index < -0.39 is 5.79 Å². The fraction of sp³-hybridized carbons (Fsp3) is 0.200. The SMILES string of the molecule is O=C1C2=C(O[C@@]3(CCc4ccccc4O3)C2)C(=O)c2ccccc21. The average Bonchev–Trinajstić information content (AvgIpc) is 2.99. The Morgan fingerprint density at radius 2 is 1.54 bits per heavy atom. The van der Waals surface area contributed by atoms with Gasteiger partial charge in [0.1, 0.15) is 5.75 Å². The van der Waals surface area contributed by atoms with Gasteiger partial charge in [-0.2, -0.15) is 0 Å². The van der Waals surface area contributed by atoms with Crippen LogP contribution in [0.3, 0.4) is 0 Å². The molecule has 24 heavy (non-hydrogen) atoms. The number of carbonyl (C=O) groups is 2. The first-order valence-electron chi connectivity index (χ1n) is 8.04. The molecule has 4 nitrogen and oxygen atoms in total. The molecule has 1 aliphatic carbocycles. The maximum Gasteiger partial charge on any atom is 0.256 e. The van der Waals surface area contributed by atoms with Gasteiger partial charge in [-0.05, 0) is 18.1 Å². The molecule has 1 spiro atoms. The maximum absolute atomic E-state index is 12.8. The van der Waals surface area contributed by atoms with Crippen LogP contribution >= 0.6 is 0 Å². The van der Waals surface area contributed by atoms with Crippen molar-refractivity contribution in [2.45, 2.75) is 25.0 Å². The minimum Gasteiger partial charge on any atom is -0.452 e. The third-order valence-electron chi connectivity index (χ3n) is 4.95. The van der Waals surface area contributed by atoms with Crippen molar-refractivity contribution in [3.63, 3.8) is 0 Å². The largest absolute Gasteiger partial charge is 0.452 e. The molecule has 0 aromatic heterocycles. The zero-order valence-corrected chi connectivity index (χ0v) is 12.9. The number of rotatable bonds is 0. The Morgan fingerprint density at radius 3 is 2.38 bits per heavy atom. The Kier molecular flexibility index (Phi) is 2.58. The molecule has 0 bridgehead atoms. The molecule has 2 aromatic rings. The van der Waals surface area contributed by atoms with Crippen LogP contribution in [0.15, 0.2) is 59.9 Å². The van der Waals surface area contributed by atoms with E-state index >= 15 is 0 Å². The van der Waals surface area contributed by atoms with Gasteiger partial charge in [0.25, 0.3) is 5.79 Å². The predicted octanol–water partition coefficient (Wildman–Crippen LogP) is 3.46. The quantitative estimate of drug-likeness (QED) is 0.746. The van der Waals surface area contributed by atoms with Crippen molar-refractivity contribution in [3.8, 4) is 5.75 Å². The van der Waals surface area contributed by atoms with Crippen LogP contribution in [0, 0.1) is 0 Å². The van der Waals surface area contributed by atoms with Crippen LogP contribution in [-0.2, 0) is 11.2 Å². The van der Waals surface area contributed by atoms with Crippen LogP contribution in [0.5, 0.6) is 5.75 Å². The van der Waals surface area contributed by atoms with Crippen molar-refractivity contribution in [2.75, 3.05) is 0 Å². The topological polar surface area (TPSA) is 52.6 Å². The highest BCUT2D eigenvalue weighted by Gasteiger charge is 2.51. The van der Waals surface area contributed by atoms with Gasteiger partial charge in [-0.25, -0.2) is 0 Å². The summed E-state index contributed by atoms with van der Waals surface area (Å²) in [5.41, 5.74) is 2.43. The second kappa shape index (κ2) is 4.57. The van der Waals surface area contributed by atoms with Crippen LogP contribution < -0.4 is 4.74 Å². The molecule has 0 unspecified atom stereocenters. The number of Topliss-reactive ketones (excluding diaryl/α,β-unsaturated/α-hetero) is 2. The van der Waals surface area contributed by atoms with Crippen molar-refractivity contribution < 1.29 is 19.1 Å². The lowest BCUT2D eigenvalue weighted by molar-refractivity contribution is -0.147. The monoisotopic (exact) mass is 318 g/mol. The fourth-order valence-electron chi connectivity index (χ4n) is 3.75. The van der Waals surface area contributed by atoms with Gasteiger partial charge in [0.2, 0.25) is 5.78 Å². The molecule has 0 amide bonds. The van der Waals surface area contributed by atoms with E-state index in [0.717, 1.165) is 17.7 Å². The summed E-state index contributed by atoms with van der Waals surface area (Å²) in [7, 11) is 0. The highest BCUT2D eigenvalue weighted by Crippen LogP contribution is 2.46. The second-order valence-corrected chi connectivity index (χ2v) is 6.41. The Bertz CT molecular complexity index is 891. The molecule has 4 heteroatoms. The van der Waals surface area contributed by atoms with Crippen LogP contribution in [0.4, 0.5) is 0 Å². The molecule has 3 aliphatic rings. The van der Waals surface area contributed by atoms with E-state index in [1.165, 1.54) is 0 Å². The Labute approximate surface area is 138 Å². The number of ketones is 2. The normalized spacial score (nSPS) is 24.2. The van der Waals surface area contributed by atoms with E-state index in [-0.39, 0.29) is 17.3 Å². The van der Waals surface area contributed by atoms with Gasteiger partial charge in [-0.3, -0.25) is 9.59 Å². The smallest absolute Gasteiger partial charge is 0.256 e. The summed E-state index contributed by atoms with van der Waals surface area (Å²) in [6, 6.07) is 14.7. The van der Waals surface area contributed by atoms with Crippen molar-refractivity contribution in [1.82, 2.24) is 0 Å². The van der Waals surface area contributed by atoms with Gasteiger partial charge >= 0.3 is 0 Å². The highest BCUT2D eigenvalue weighted by atomic mass is 16.7. The molecule has 0 N–H and O–H groups in total. The van der Waals surface area contributed by atoms with Gasteiger partial charge in [0.15, 0.2) is 11.5 Å². The standard InChI is InChI=1S/C20H14O4/c21-17-13-6-2-3-7-14(13)18(22)19-15(17)11-20(24-19)10-9-12-5-1-4-8-16(12)23-20/h1-8H,9-11H2/t20-/m0/s1. The zero-order chi connectivity index (χ0) is 16.3. The molecule has 2 aromatic carbocycles. The number of aryl methyl sites for hydroxylation is 1. The molecule has 2 heterocycles. The third-order valence-corrected chi connectivity index (χ3v) is 4.95. The number of para-hydroxylation sites is 1. The van der Waals surface area contributed by atoms with Crippen LogP contribution in [0.25, 0.3) is 0 Å². The number of hydrogen-bond acceptors (Lipinski definition) is 4. The van der Waals surface area contributed by atoms with Crippen molar-refractivity contribution >= 4 is 11.6 Å². The van der Waals surface area contributed by atoms with E-state index in [9.17, 15) is 9.59 Å². The van der Waals surface area contributed by atoms with Crippen LogP contribution in [0.2, 0.25) is 0 Å². The number of carbonyl (C=O) groups excluding carboxylic acids is 2. The Hall–Kier alpha value is -2.88. The van der Waals surface area contributed by atoms with E-state index in [2.05, 4.69) is 0 Å². The van der Waals surface area contributed by atoms with E-state index in [0.29, 0.717) is 29.5 Å². The lowest BCUT2D eigenvalue weighted by Crippen LogP contribution is -2.39. The van der Waals surface area contributed by atoms with Gasteiger partial charge in [0, 0.05) is 17.5 Å². The van der Waals surface area contributed by atoms with Gasteiger partial charge in [-0.1, -0.05) is 42.5 Å². The van der Waals surface area contributed by atoms with Crippen LogP contribution in [0.1, 0.15) is 39.1 Å². The number of fused-ring (bicyclic) bond motifs is 2. The summed E-state index contributed by atoms with van der Waals surface area (Å²) in [5.74, 6) is -0.356. The van der Waals surface area contributed by atoms with Gasteiger partial charge in [-0.15, -0.1) is 0 Å². The highest BCUT2D eigenvalue weighted by molar-refractivity contribution is 6.26. The van der Waals surface area contributed by atoms with E-state index in [1.807, 2.05) is 24.3 Å². The van der Waals surface area contributed by atoms with Crippen molar-refractivity contribution in [3.05, 3.63) is 76.6 Å². The minimum absolute atomic E-state index is 0.125. The number of allylic oxidation sites excluding steroid dienone is 1. The molecule has 1 atom stereocenters. The number of benzene rings is 2. The first-order chi connectivity index (χ1) is 11.7. The van der Waals surface area contributed by atoms with E-state index in [1.54, 1.807) is 24.3 Å². The first kappa shape index (κ1) is 13.5. The molecule has 0 saturated carbocycles. The molecule has 5 rings (SSSR count). The summed E-state index contributed by atoms with van der Waals surface area (Å²) >= 11 is 0.